The third-order valence-corrected chi connectivity index (χ3v) is 3.42. The van der Waals surface area contributed by atoms with E-state index in [4.69, 9.17) is 5.11 Å². The first-order valence-corrected chi connectivity index (χ1v) is 5.26. The molecule has 1 saturated heterocycles. The van der Waals surface area contributed by atoms with Gasteiger partial charge in [-0.2, -0.15) is 11.8 Å². The minimum absolute atomic E-state index is 0.131. The largest absolute Gasteiger partial charge is 0.396 e. The lowest BCUT2D eigenvalue weighted by Crippen LogP contribution is -2.21. The number of rotatable bonds is 3. The molecule has 0 aromatic heterocycles. The van der Waals surface area contributed by atoms with E-state index in [-0.39, 0.29) is 12.7 Å². The Kier molecular flexibility index (Phi) is 3.69. The van der Waals surface area contributed by atoms with E-state index in [1.54, 1.807) is 0 Å². The molecule has 0 bridgehead atoms. The summed E-state index contributed by atoms with van der Waals surface area (Å²) < 4.78 is 0. The summed E-state index contributed by atoms with van der Waals surface area (Å²) in [7, 11) is 0. The van der Waals surface area contributed by atoms with Crippen LogP contribution in [-0.4, -0.2) is 34.4 Å². The molecule has 1 aliphatic heterocycles. The zero-order valence-electron chi connectivity index (χ0n) is 6.86. The van der Waals surface area contributed by atoms with Crippen molar-refractivity contribution in [2.45, 2.75) is 19.4 Å². The summed E-state index contributed by atoms with van der Waals surface area (Å²) in [5.74, 6) is 2.70. The fraction of sp³-hybridized carbons (Fsp3) is 1.00. The summed E-state index contributed by atoms with van der Waals surface area (Å²) in [6, 6.07) is 0. The van der Waals surface area contributed by atoms with Crippen LogP contribution in [0.5, 0.6) is 0 Å². The molecular weight excluding hydrogens is 160 g/mol. The Bertz CT molecular complexity index is 119. The SMILES string of the molecule is CC(CO)CC1CSCC1O. The van der Waals surface area contributed by atoms with Gasteiger partial charge in [-0.25, -0.2) is 0 Å². The zero-order chi connectivity index (χ0) is 8.27. The highest BCUT2D eigenvalue weighted by molar-refractivity contribution is 7.99. The van der Waals surface area contributed by atoms with Gasteiger partial charge in [-0.3, -0.25) is 0 Å². The molecule has 2 N–H and O–H groups in total. The van der Waals surface area contributed by atoms with E-state index < -0.39 is 0 Å². The maximum absolute atomic E-state index is 9.43. The molecule has 1 heterocycles. The minimum atomic E-state index is -0.131. The van der Waals surface area contributed by atoms with E-state index in [2.05, 4.69) is 0 Å². The van der Waals surface area contributed by atoms with Crippen molar-refractivity contribution >= 4 is 11.8 Å². The monoisotopic (exact) mass is 176 g/mol. The lowest BCUT2D eigenvalue weighted by molar-refractivity contribution is 0.122. The maximum Gasteiger partial charge on any atom is 0.0666 e. The Morgan fingerprint density at radius 3 is 2.73 bits per heavy atom. The van der Waals surface area contributed by atoms with E-state index in [9.17, 15) is 5.11 Å². The topological polar surface area (TPSA) is 40.5 Å². The number of thioether (sulfide) groups is 1. The average molecular weight is 176 g/mol. The molecule has 0 radical (unpaired) electrons. The van der Waals surface area contributed by atoms with Gasteiger partial charge in [0.15, 0.2) is 0 Å². The van der Waals surface area contributed by atoms with Gasteiger partial charge in [-0.1, -0.05) is 6.92 Å². The molecule has 0 aromatic carbocycles. The molecule has 0 aliphatic carbocycles. The van der Waals surface area contributed by atoms with Crippen molar-refractivity contribution in [3.8, 4) is 0 Å². The third-order valence-electron chi connectivity index (χ3n) is 2.18. The number of aliphatic hydroxyl groups is 2. The highest BCUT2D eigenvalue weighted by Crippen LogP contribution is 2.28. The van der Waals surface area contributed by atoms with Crippen LogP contribution >= 0.6 is 11.8 Å². The highest BCUT2D eigenvalue weighted by atomic mass is 32.2. The van der Waals surface area contributed by atoms with Gasteiger partial charge in [0.25, 0.3) is 0 Å². The van der Waals surface area contributed by atoms with Crippen molar-refractivity contribution in [2.75, 3.05) is 18.1 Å². The maximum atomic E-state index is 9.43. The van der Waals surface area contributed by atoms with Crippen LogP contribution < -0.4 is 0 Å². The van der Waals surface area contributed by atoms with Crippen molar-refractivity contribution in [1.29, 1.82) is 0 Å². The lowest BCUT2D eigenvalue weighted by atomic mass is 9.94. The summed E-state index contributed by atoms with van der Waals surface area (Å²) in [6.45, 7) is 2.27. The molecule has 0 saturated carbocycles. The van der Waals surface area contributed by atoms with Crippen LogP contribution in [0.3, 0.4) is 0 Å². The number of hydrogen-bond acceptors (Lipinski definition) is 3. The van der Waals surface area contributed by atoms with Gasteiger partial charge in [0, 0.05) is 12.4 Å². The normalized spacial score (nSPS) is 34.1. The van der Waals surface area contributed by atoms with Crippen molar-refractivity contribution in [3.63, 3.8) is 0 Å². The molecule has 3 unspecified atom stereocenters. The number of aliphatic hydroxyl groups excluding tert-OH is 2. The van der Waals surface area contributed by atoms with Crippen LogP contribution in [0.25, 0.3) is 0 Å². The molecular formula is C8H16O2S. The van der Waals surface area contributed by atoms with Crippen molar-refractivity contribution in [1.82, 2.24) is 0 Å². The Balaban J connectivity index is 2.24. The molecule has 1 aliphatic rings. The molecule has 0 aromatic rings. The standard InChI is InChI=1S/C8H16O2S/c1-6(3-9)2-7-4-11-5-8(7)10/h6-10H,2-5H2,1H3. The first-order valence-electron chi connectivity index (χ1n) is 4.10. The van der Waals surface area contributed by atoms with Gasteiger partial charge in [-0.15, -0.1) is 0 Å². The second kappa shape index (κ2) is 4.33. The number of hydrogen-bond donors (Lipinski definition) is 2. The van der Waals surface area contributed by atoms with Gasteiger partial charge < -0.3 is 10.2 Å². The van der Waals surface area contributed by atoms with E-state index >= 15 is 0 Å². The van der Waals surface area contributed by atoms with Gasteiger partial charge >= 0.3 is 0 Å². The van der Waals surface area contributed by atoms with E-state index in [0.29, 0.717) is 11.8 Å². The van der Waals surface area contributed by atoms with Crippen LogP contribution in [0.15, 0.2) is 0 Å². The third kappa shape index (κ3) is 2.65. The van der Waals surface area contributed by atoms with Gasteiger partial charge in [-0.05, 0) is 24.0 Å². The summed E-state index contributed by atoms with van der Waals surface area (Å²) in [5, 5.41) is 18.2. The van der Waals surface area contributed by atoms with Crippen LogP contribution in [0.2, 0.25) is 0 Å². The zero-order valence-corrected chi connectivity index (χ0v) is 7.68. The Morgan fingerprint density at radius 2 is 2.27 bits per heavy atom. The fourth-order valence-corrected chi connectivity index (χ4v) is 2.71. The molecule has 0 amide bonds. The molecule has 2 nitrogen and oxygen atoms in total. The van der Waals surface area contributed by atoms with E-state index in [1.165, 1.54) is 0 Å². The Morgan fingerprint density at radius 1 is 1.55 bits per heavy atom. The predicted octanol–water partition coefficient (Wildman–Crippen LogP) is 0.729. The Hall–Kier alpha value is 0.270. The summed E-state index contributed by atoms with van der Waals surface area (Å²) in [5.41, 5.74) is 0. The highest BCUT2D eigenvalue weighted by Gasteiger charge is 2.26. The van der Waals surface area contributed by atoms with Crippen LogP contribution in [0.1, 0.15) is 13.3 Å². The van der Waals surface area contributed by atoms with Crippen LogP contribution in [0.4, 0.5) is 0 Å². The van der Waals surface area contributed by atoms with Crippen molar-refractivity contribution in [3.05, 3.63) is 0 Å². The minimum Gasteiger partial charge on any atom is -0.396 e. The van der Waals surface area contributed by atoms with Crippen molar-refractivity contribution < 1.29 is 10.2 Å². The van der Waals surface area contributed by atoms with Gasteiger partial charge in [0.1, 0.15) is 0 Å². The average Bonchev–Trinajstić information content (AvgIpc) is 2.37. The summed E-state index contributed by atoms with van der Waals surface area (Å²) in [6.07, 6.45) is 0.832. The molecule has 11 heavy (non-hydrogen) atoms. The molecule has 1 fully saturated rings. The van der Waals surface area contributed by atoms with E-state index in [1.807, 2.05) is 18.7 Å². The molecule has 3 atom stereocenters. The van der Waals surface area contributed by atoms with Gasteiger partial charge in [0.05, 0.1) is 6.10 Å². The second-order valence-corrected chi connectivity index (χ2v) is 4.46. The predicted molar refractivity (Wildman–Crippen MR) is 47.7 cm³/mol. The van der Waals surface area contributed by atoms with E-state index in [0.717, 1.165) is 17.9 Å². The first-order chi connectivity index (χ1) is 5.24. The lowest BCUT2D eigenvalue weighted by Gasteiger charge is -2.16. The fourth-order valence-electron chi connectivity index (χ4n) is 1.40. The first kappa shape index (κ1) is 9.36. The molecule has 1 rings (SSSR count). The summed E-state index contributed by atoms with van der Waals surface area (Å²) in [4.78, 5) is 0. The second-order valence-electron chi connectivity index (χ2n) is 3.39. The van der Waals surface area contributed by atoms with Gasteiger partial charge in [0.2, 0.25) is 0 Å². The molecule has 3 heteroatoms. The smallest absolute Gasteiger partial charge is 0.0666 e. The quantitative estimate of drug-likeness (QED) is 0.666. The summed E-state index contributed by atoms with van der Waals surface area (Å²) >= 11 is 1.81. The molecule has 0 spiro atoms. The Labute approximate surface area is 72.0 Å². The van der Waals surface area contributed by atoms with Crippen LogP contribution in [0, 0.1) is 11.8 Å². The van der Waals surface area contributed by atoms with Crippen molar-refractivity contribution in [2.24, 2.45) is 11.8 Å². The molecule has 66 valence electrons. The van der Waals surface area contributed by atoms with Crippen LogP contribution in [-0.2, 0) is 0 Å².